The van der Waals surface area contributed by atoms with Gasteiger partial charge in [-0.15, -0.1) is 0 Å². The summed E-state index contributed by atoms with van der Waals surface area (Å²) in [5.41, 5.74) is 6.58. The Bertz CT molecular complexity index is 1030. The monoisotopic (exact) mass is 409 g/mol. The number of hydrogen-bond donors (Lipinski definition) is 0. The normalized spacial score (nSPS) is 16.8. The van der Waals surface area contributed by atoms with Crippen LogP contribution in [0.1, 0.15) is 48.8 Å². The van der Waals surface area contributed by atoms with Crippen LogP contribution in [0, 0.1) is 0 Å². The van der Waals surface area contributed by atoms with Gasteiger partial charge in [-0.2, -0.15) is 0 Å². The van der Waals surface area contributed by atoms with E-state index in [1.165, 1.54) is 11.1 Å². The number of carbonyl (C=O) groups excluding carboxylic acids is 1. The summed E-state index contributed by atoms with van der Waals surface area (Å²) in [7, 11) is 0. The number of allylic oxidation sites excluding steroid dienone is 1. The summed E-state index contributed by atoms with van der Waals surface area (Å²) >= 11 is 0. The number of ether oxygens (including phenoxy) is 1. The Morgan fingerprint density at radius 3 is 2.13 bits per heavy atom. The van der Waals surface area contributed by atoms with Crippen LogP contribution in [-0.4, -0.2) is 18.3 Å². The standard InChI is InChI=1S/C28H27NO2/c1-2-31-27(30)20-21-13-14-25(19-21)22-15-17-26(18-16-22)29-28(23-9-5-3-6-10-23)24-11-7-4-8-12-24/h3-12,15-18,20,25H,2,13-14,19H2,1H3/b21-20+/t25-/m1/s1. The zero-order valence-electron chi connectivity index (χ0n) is 17.8. The van der Waals surface area contributed by atoms with Crippen LogP contribution in [0.5, 0.6) is 0 Å². The van der Waals surface area contributed by atoms with Crippen LogP contribution in [0.4, 0.5) is 5.69 Å². The molecular formula is C28H27NO2. The third-order valence-corrected chi connectivity index (χ3v) is 5.63. The Hall–Kier alpha value is -3.46. The van der Waals surface area contributed by atoms with Crippen molar-refractivity contribution in [2.45, 2.75) is 32.1 Å². The van der Waals surface area contributed by atoms with Crippen LogP contribution < -0.4 is 0 Å². The topological polar surface area (TPSA) is 38.7 Å². The fraction of sp³-hybridized carbons (Fsp3) is 0.214. The molecule has 1 fully saturated rings. The molecule has 1 aliphatic carbocycles. The second-order valence-electron chi connectivity index (χ2n) is 7.78. The molecule has 0 bridgehead atoms. The summed E-state index contributed by atoms with van der Waals surface area (Å²) in [6, 6.07) is 29.1. The van der Waals surface area contributed by atoms with E-state index < -0.39 is 0 Å². The van der Waals surface area contributed by atoms with E-state index in [1.807, 2.05) is 43.3 Å². The maximum atomic E-state index is 11.7. The lowest BCUT2D eigenvalue weighted by Crippen LogP contribution is -2.02. The molecule has 0 saturated heterocycles. The van der Waals surface area contributed by atoms with E-state index in [2.05, 4.69) is 48.5 Å². The molecule has 3 aromatic carbocycles. The number of carbonyl (C=O) groups is 1. The predicted octanol–water partition coefficient (Wildman–Crippen LogP) is 6.61. The van der Waals surface area contributed by atoms with Crippen LogP contribution in [-0.2, 0) is 9.53 Å². The molecule has 31 heavy (non-hydrogen) atoms. The number of esters is 1. The molecule has 3 heteroatoms. The van der Waals surface area contributed by atoms with Crippen LogP contribution in [0.3, 0.4) is 0 Å². The molecule has 3 nitrogen and oxygen atoms in total. The van der Waals surface area contributed by atoms with Crippen LogP contribution in [0.2, 0.25) is 0 Å². The van der Waals surface area contributed by atoms with Gasteiger partial charge >= 0.3 is 5.97 Å². The van der Waals surface area contributed by atoms with Gasteiger partial charge < -0.3 is 4.74 Å². The number of nitrogens with zero attached hydrogens (tertiary/aromatic N) is 1. The molecular weight excluding hydrogens is 382 g/mol. The summed E-state index contributed by atoms with van der Waals surface area (Å²) in [5, 5.41) is 0. The third kappa shape index (κ3) is 5.37. The lowest BCUT2D eigenvalue weighted by atomic mass is 9.97. The number of aliphatic imine (C=N–C) groups is 1. The van der Waals surface area contributed by atoms with Crippen molar-refractivity contribution in [1.29, 1.82) is 0 Å². The zero-order valence-corrected chi connectivity index (χ0v) is 17.8. The molecule has 0 spiro atoms. The van der Waals surface area contributed by atoms with Gasteiger partial charge in [0.2, 0.25) is 0 Å². The molecule has 156 valence electrons. The van der Waals surface area contributed by atoms with Crippen molar-refractivity contribution in [3.05, 3.63) is 113 Å². The average molecular weight is 410 g/mol. The van der Waals surface area contributed by atoms with Crippen molar-refractivity contribution in [2.24, 2.45) is 4.99 Å². The molecule has 0 unspecified atom stereocenters. The molecule has 1 saturated carbocycles. The van der Waals surface area contributed by atoms with E-state index in [-0.39, 0.29) is 5.97 Å². The second kappa shape index (κ2) is 10.0. The summed E-state index contributed by atoms with van der Waals surface area (Å²) in [6.45, 7) is 2.25. The molecule has 4 rings (SSSR count). The van der Waals surface area contributed by atoms with Crippen molar-refractivity contribution in [3.8, 4) is 0 Å². The summed E-state index contributed by atoms with van der Waals surface area (Å²) in [4.78, 5) is 16.7. The fourth-order valence-electron chi connectivity index (χ4n) is 4.08. The van der Waals surface area contributed by atoms with Crippen LogP contribution >= 0.6 is 0 Å². The van der Waals surface area contributed by atoms with Gasteiger partial charge in [0.15, 0.2) is 0 Å². The maximum absolute atomic E-state index is 11.7. The molecule has 1 atom stereocenters. The van der Waals surface area contributed by atoms with Crippen molar-refractivity contribution in [1.82, 2.24) is 0 Å². The van der Waals surface area contributed by atoms with E-state index in [1.54, 1.807) is 6.08 Å². The number of hydrogen-bond acceptors (Lipinski definition) is 3. The summed E-state index contributed by atoms with van der Waals surface area (Å²) in [5.74, 6) is 0.221. The maximum Gasteiger partial charge on any atom is 0.330 e. The predicted molar refractivity (Wildman–Crippen MR) is 126 cm³/mol. The van der Waals surface area contributed by atoms with E-state index in [0.29, 0.717) is 12.5 Å². The average Bonchev–Trinajstić information content (AvgIpc) is 3.27. The van der Waals surface area contributed by atoms with Crippen LogP contribution in [0.15, 0.2) is 102 Å². The smallest absolute Gasteiger partial charge is 0.330 e. The van der Waals surface area contributed by atoms with Crippen molar-refractivity contribution in [2.75, 3.05) is 6.61 Å². The first-order valence-corrected chi connectivity index (χ1v) is 10.9. The van der Waals surface area contributed by atoms with Gasteiger partial charge in [0.25, 0.3) is 0 Å². The number of benzene rings is 3. The van der Waals surface area contributed by atoms with Crippen molar-refractivity contribution >= 4 is 17.4 Å². The highest BCUT2D eigenvalue weighted by molar-refractivity contribution is 6.13. The first kappa shape index (κ1) is 20.8. The lowest BCUT2D eigenvalue weighted by molar-refractivity contribution is -0.137. The zero-order chi connectivity index (χ0) is 21.5. The Kier molecular flexibility index (Phi) is 6.73. The Morgan fingerprint density at radius 1 is 0.935 bits per heavy atom. The highest BCUT2D eigenvalue weighted by Gasteiger charge is 2.22. The third-order valence-electron chi connectivity index (χ3n) is 5.63. The molecule has 0 amide bonds. The van der Waals surface area contributed by atoms with Gasteiger partial charge in [-0.05, 0) is 49.8 Å². The summed E-state index contributed by atoms with van der Waals surface area (Å²) < 4.78 is 5.04. The van der Waals surface area contributed by atoms with Gasteiger partial charge in [0.1, 0.15) is 0 Å². The van der Waals surface area contributed by atoms with Gasteiger partial charge in [0.05, 0.1) is 18.0 Å². The van der Waals surface area contributed by atoms with E-state index in [0.717, 1.165) is 41.8 Å². The van der Waals surface area contributed by atoms with Crippen molar-refractivity contribution in [3.63, 3.8) is 0 Å². The molecule has 0 N–H and O–H groups in total. The van der Waals surface area contributed by atoms with E-state index >= 15 is 0 Å². The molecule has 1 aliphatic rings. The quantitative estimate of drug-likeness (QED) is 0.261. The lowest BCUT2D eigenvalue weighted by Gasteiger charge is -2.11. The Labute approximate surface area is 184 Å². The first-order valence-electron chi connectivity index (χ1n) is 10.9. The van der Waals surface area contributed by atoms with Gasteiger partial charge in [0, 0.05) is 17.2 Å². The largest absolute Gasteiger partial charge is 0.463 e. The van der Waals surface area contributed by atoms with Gasteiger partial charge in [-0.25, -0.2) is 9.79 Å². The highest BCUT2D eigenvalue weighted by Crippen LogP contribution is 2.38. The molecule has 0 aliphatic heterocycles. The Balaban J connectivity index is 1.54. The SMILES string of the molecule is CCOC(=O)/C=C1\CC[C@@H](c2ccc(N=C(c3ccccc3)c3ccccc3)cc2)C1. The van der Waals surface area contributed by atoms with E-state index in [9.17, 15) is 4.79 Å². The Morgan fingerprint density at radius 2 is 1.55 bits per heavy atom. The minimum absolute atomic E-state index is 0.225. The highest BCUT2D eigenvalue weighted by atomic mass is 16.5. The van der Waals surface area contributed by atoms with Crippen LogP contribution in [0.25, 0.3) is 0 Å². The molecule has 0 heterocycles. The number of rotatable bonds is 6. The minimum atomic E-state index is -0.225. The second-order valence-corrected chi connectivity index (χ2v) is 7.78. The van der Waals surface area contributed by atoms with Crippen molar-refractivity contribution < 1.29 is 9.53 Å². The summed E-state index contributed by atoms with van der Waals surface area (Å²) in [6.07, 6.45) is 4.61. The molecule has 0 radical (unpaired) electrons. The fourth-order valence-corrected chi connectivity index (χ4v) is 4.08. The minimum Gasteiger partial charge on any atom is -0.463 e. The first-order chi connectivity index (χ1) is 15.2. The molecule has 3 aromatic rings. The van der Waals surface area contributed by atoms with Gasteiger partial charge in [-0.1, -0.05) is 78.4 Å². The van der Waals surface area contributed by atoms with E-state index in [4.69, 9.17) is 9.73 Å². The molecule has 0 aromatic heterocycles. The van der Waals surface area contributed by atoms with Gasteiger partial charge in [-0.3, -0.25) is 0 Å².